The summed E-state index contributed by atoms with van der Waals surface area (Å²) in [4.78, 5) is 4.50. The van der Waals surface area contributed by atoms with Gasteiger partial charge < -0.3 is 8.85 Å². The van der Waals surface area contributed by atoms with Crippen LogP contribution in [0.15, 0.2) is 22.8 Å². The van der Waals surface area contributed by atoms with Gasteiger partial charge in [0.15, 0.2) is 0 Å². The molecule has 1 saturated carbocycles. The van der Waals surface area contributed by atoms with E-state index in [4.69, 9.17) is 8.85 Å². The highest BCUT2D eigenvalue weighted by Gasteiger charge is 2.39. The van der Waals surface area contributed by atoms with Crippen LogP contribution in [0.25, 0.3) is 0 Å². The summed E-state index contributed by atoms with van der Waals surface area (Å²) >= 11 is 3.42. The fourth-order valence-corrected chi connectivity index (χ4v) is 4.97. The van der Waals surface area contributed by atoms with Crippen molar-refractivity contribution in [1.29, 1.82) is 5.26 Å². The summed E-state index contributed by atoms with van der Waals surface area (Å²) in [5, 5.41) is 9.82. The number of hydrogen-bond donors (Lipinski definition) is 0. The van der Waals surface area contributed by atoms with Crippen LogP contribution in [-0.4, -0.2) is 30.8 Å². The van der Waals surface area contributed by atoms with Gasteiger partial charge in [0.1, 0.15) is 6.29 Å². The van der Waals surface area contributed by atoms with Crippen LogP contribution < -0.4 is 0 Å². The fourth-order valence-electron chi connectivity index (χ4n) is 3.62. The largest absolute Gasteiger partial charge is 0.394 e. The Morgan fingerprint density at radius 2 is 1.96 bits per heavy atom. The number of aromatic nitrogens is 1. The summed E-state index contributed by atoms with van der Waals surface area (Å²) in [6.45, 7) is 6.29. The molecule has 25 heavy (non-hydrogen) atoms. The van der Waals surface area contributed by atoms with Gasteiger partial charge in [-0.05, 0) is 79.2 Å². The standard InChI is InChI=1S/C18H25BrN2O2Si2/c1-13(17(22-24-2)23-25-3)10-14-6-8-18(12-20,9-7-14)16-5-4-15(19)11-21-16/h4-5,11,13-14,17H,6-10H2,1-3H3. The quantitative estimate of drug-likeness (QED) is 0.443. The maximum Gasteiger partial charge on any atom is 0.229 e. The lowest BCUT2D eigenvalue weighted by Gasteiger charge is -2.36. The van der Waals surface area contributed by atoms with Crippen LogP contribution in [0.5, 0.6) is 0 Å². The third-order valence-electron chi connectivity index (χ3n) is 5.03. The van der Waals surface area contributed by atoms with E-state index in [1.807, 2.05) is 25.2 Å². The molecule has 0 spiro atoms. The first-order valence-electron chi connectivity index (χ1n) is 8.72. The molecule has 0 N–H and O–H groups in total. The van der Waals surface area contributed by atoms with Gasteiger partial charge >= 0.3 is 0 Å². The monoisotopic (exact) mass is 436 g/mol. The average molecular weight is 437 g/mol. The minimum Gasteiger partial charge on any atom is -0.394 e. The molecule has 1 unspecified atom stereocenters. The topological polar surface area (TPSA) is 55.1 Å². The molecule has 0 saturated heterocycles. The molecule has 4 nitrogen and oxygen atoms in total. The maximum absolute atomic E-state index is 9.82. The van der Waals surface area contributed by atoms with Gasteiger partial charge in [0.2, 0.25) is 19.5 Å². The van der Waals surface area contributed by atoms with E-state index in [1.54, 1.807) is 6.20 Å². The zero-order chi connectivity index (χ0) is 18.3. The van der Waals surface area contributed by atoms with Gasteiger partial charge in [-0.25, -0.2) is 0 Å². The molecule has 1 fully saturated rings. The Bertz CT molecular complexity index is 565. The van der Waals surface area contributed by atoms with Gasteiger partial charge in [-0.1, -0.05) is 6.92 Å². The highest BCUT2D eigenvalue weighted by molar-refractivity contribution is 9.10. The van der Waals surface area contributed by atoms with E-state index in [-0.39, 0.29) is 6.29 Å². The molecule has 1 atom stereocenters. The van der Waals surface area contributed by atoms with Crippen molar-refractivity contribution >= 4 is 35.5 Å². The maximum atomic E-state index is 9.82. The lowest BCUT2D eigenvalue weighted by molar-refractivity contribution is -0.0404. The molecule has 1 aromatic heterocycles. The second kappa shape index (κ2) is 9.98. The highest BCUT2D eigenvalue weighted by Crippen LogP contribution is 2.42. The van der Waals surface area contributed by atoms with Gasteiger partial charge in [0, 0.05) is 16.6 Å². The van der Waals surface area contributed by atoms with Crippen LogP contribution in [0.1, 0.15) is 44.7 Å². The summed E-state index contributed by atoms with van der Waals surface area (Å²) in [5.74, 6) is 1.01. The van der Waals surface area contributed by atoms with Crippen molar-refractivity contribution in [3.8, 4) is 6.07 Å². The van der Waals surface area contributed by atoms with E-state index < -0.39 is 5.41 Å². The number of pyridine rings is 1. The SMILES string of the molecule is C[Si]OC(O[Si]C)C(C)CC1CCC(C#N)(c2ccc(Br)cn2)CC1. The Labute approximate surface area is 164 Å². The molecule has 1 aliphatic carbocycles. The van der Waals surface area contributed by atoms with E-state index in [9.17, 15) is 5.26 Å². The predicted molar refractivity (Wildman–Crippen MR) is 104 cm³/mol. The molecule has 0 amide bonds. The molecule has 1 heterocycles. The van der Waals surface area contributed by atoms with E-state index in [0.29, 0.717) is 31.4 Å². The second-order valence-corrected chi connectivity index (χ2v) is 8.93. The van der Waals surface area contributed by atoms with Crippen molar-refractivity contribution in [1.82, 2.24) is 4.98 Å². The van der Waals surface area contributed by atoms with Gasteiger partial charge in [-0.2, -0.15) is 5.26 Å². The van der Waals surface area contributed by atoms with E-state index in [1.165, 1.54) is 0 Å². The molecular weight excluding hydrogens is 412 g/mol. The number of rotatable bonds is 8. The van der Waals surface area contributed by atoms with Gasteiger partial charge in [-0.3, -0.25) is 4.98 Å². The Kier molecular flexibility index (Phi) is 8.29. The third kappa shape index (κ3) is 5.47. The number of nitriles is 1. The fraction of sp³-hybridized carbons (Fsp3) is 0.667. The summed E-state index contributed by atoms with van der Waals surface area (Å²) in [6, 6.07) is 6.53. The first kappa shape index (κ1) is 20.8. The number of hydrogen-bond acceptors (Lipinski definition) is 4. The van der Waals surface area contributed by atoms with Gasteiger partial charge in [0.05, 0.1) is 17.2 Å². The minimum absolute atomic E-state index is 0.0949. The molecule has 134 valence electrons. The van der Waals surface area contributed by atoms with Crippen LogP contribution in [0, 0.1) is 23.2 Å². The zero-order valence-corrected chi connectivity index (χ0v) is 18.7. The van der Waals surface area contributed by atoms with Crippen LogP contribution in [0.4, 0.5) is 0 Å². The summed E-state index contributed by atoms with van der Waals surface area (Å²) < 4.78 is 12.5. The van der Waals surface area contributed by atoms with E-state index in [2.05, 4.69) is 33.9 Å². The first-order valence-corrected chi connectivity index (χ1v) is 12.3. The van der Waals surface area contributed by atoms with Crippen LogP contribution in [-0.2, 0) is 14.3 Å². The predicted octanol–water partition coefficient (Wildman–Crippen LogP) is 4.52. The third-order valence-corrected chi connectivity index (χ3v) is 6.43. The first-order chi connectivity index (χ1) is 12.0. The van der Waals surface area contributed by atoms with Crippen molar-refractivity contribution in [3.63, 3.8) is 0 Å². The normalized spacial score (nSPS) is 24.9. The molecule has 0 aromatic carbocycles. The summed E-state index contributed by atoms with van der Waals surface area (Å²) in [5.41, 5.74) is 0.483. The van der Waals surface area contributed by atoms with Gasteiger partial charge in [0.25, 0.3) is 0 Å². The van der Waals surface area contributed by atoms with E-state index >= 15 is 0 Å². The van der Waals surface area contributed by atoms with Gasteiger partial charge in [-0.15, -0.1) is 0 Å². The van der Waals surface area contributed by atoms with Crippen LogP contribution in [0.3, 0.4) is 0 Å². The highest BCUT2D eigenvalue weighted by atomic mass is 79.9. The molecule has 7 heteroatoms. The number of halogens is 1. The molecule has 4 radical (unpaired) electrons. The Balaban J connectivity index is 1.95. The average Bonchev–Trinajstić information content (AvgIpc) is 2.63. The zero-order valence-electron chi connectivity index (χ0n) is 15.1. The van der Waals surface area contributed by atoms with Crippen LogP contribution in [0.2, 0.25) is 13.1 Å². The van der Waals surface area contributed by atoms with Crippen LogP contribution >= 0.6 is 15.9 Å². The second-order valence-electron chi connectivity index (χ2n) is 6.72. The van der Waals surface area contributed by atoms with Crippen molar-refractivity contribution in [2.45, 2.75) is 63.8 Å². The summed E-state index contributed by atoms with van der Waals surface area (Å²) in [7, 11) is 0.896. The molecule has 0 aliphatic heterocycles. The Morgan fingerprint density at radius 1 is 1.32 bits per heavy atom. The summed E-state index contributed by atoms with van der Waals surface area (Å²) in [6.07, 6.45) is 6.67. The van der Waals surface area contributed by atoms with Crippen molar-refractivity contribution in [2.75, 3.05) is 0 Å². The Morgan fingerprint density at radius 3 is 2.44 bits per heavy atom. The molecule has 0 bridgehead atoms. The lowest BCUT2D eigenvalue weighted by atomic mass is 9.68. The molecule has 1 aliphatic rings. The smallest absolute Gasteiger partial charge is 0.229 e. The minimum atomic E-state index is -0.428. The van der Waals surface area contributed by atoms with Crippen molar-refractivity contribution in [2.24, 2.45) is 11.8 Å². The molecule has 1 aromatic rings. The number of nitrogens with zero attached hydrogens (tertiary/aromatic N) is 2. The molecular formula is C18H25BrN2O2Si2. The lowest BCUT2D eigenvalue weighted by Crippen LogP contribution is -2.34. The van der Waals surface area contributed by atoms with Crippen molar-refractivity contribution in [3.05, 3.63) is 28.5 Å². The Hall–Kier alpha value is -0.526. The molecule has 2 rings (SSSR count). The van der Waals surface area contributed by atoms with E-state index in [0.717, 1.165) is 42.3 Å². The van der Waals surface area contributed by atoms with Crippen molar-refractivity contribution < 1.29 is 8.85 Å².